The highest BCUT2D eigenvalue weighted by molar-refractivity contribution is 5.98. The van der Waals surface area contributed by atoms with Crippen LogP contribution in [0.25, 0.3) is 0 Å². The first kappa shape index (κ1) is 17.1. The zero-order valence-corrected chi connectivity index (χ0v) is 13.4. The van der Waals surface area contributed by atoms with Crippen LogP contribution in [0.15, 0.2) is 40.8 Å². The first-order chi connectivity index (χ1) is 12.3. The summed E-state index contributed by atoms with van der Waals surface area (Å²) >= 11 is 0. The SMILES string of the molecule is NC(=O)c1ccc(NC(=O)C2CN(C(=O)c3ccc([N+](=O)[O-])o3)C2)cc1. The van der Waals surface area contributed by atoms with Crippen LogP contribution in [-0.4, -0.2) is 40.6 Å². The van der Waals surface area contributed by atoms with Gasteiger partial charge in [-0.2, -0.15) is 0 Å². The summed E-state index contributed by atoms with van der Waals surface area (Å²) in [5.41, 5.74) is 5.98. The zero-order valence-electron chi connectivity index (χ0n) is 13.4. The topological polar surface area (TPSA) is 149 Å². The minimum Gasteiger partial charge on any atom is -0.395 e. The monoisotopic (exact) mass is 358 g/mol. The van der Waals surface area contributed by atoms with E-state index in [-0.39, 0.29) is 24.8 Å². The summed E-state index contributed by atoms with van der Waals surface area (Å²) in [6, 6.07) is 8.45. The number of hydrogen-bond donors (Lipinski definition) is 2. The van der Waals surface area contributed by atoms with Crippen LogP contribution in [0.3, 0.4) is 0 Å². The second-order valence-corrected chi connectivity index (χ2v) is 5.73. The van der Waals surface area contributed by atoms with Gasteiger partial charge in [0.05, 0.1) is 12.0 Å². The van der Waals surface area contributed by atoms with E-state index >= 15 is 0 Å². The van der Waals surface area contributed by atoms with Gasteiger partial charge in [0.15, 0.2) is 5.76 Å². The molecule has 1 aromatic heterocycles. The number of likely N-dealkylation sites (tertiary alicyclic amines) is 1. The number of nitrogens with zero attached hydrogens (tertiary/aromatic N) is 2. The summed E-state index contributed by atoms with van der Waals surface area (Å²) in [6.07, 6.45) is 0. The Morgan fingerprint density at radius 3 is 2.35 bits per heavy atom. The molecule has 0 atom stereocenters. The summed E-state index contributed by atoms with van der Waals surface area (Å²) in [6.45, 7) is 0.358. The summed E-state index contributed by atoms with van der Waals surface area (Å²) in [4.78, 5) is 46.5. The van der Waals surface area contributed by atoms with Gasteiger partial charge in [-0.3, -0.25) is 24.5 Å². The fourth-order valence-electron chi connectivity index (χ4n) is 2.47. The van der Waals surface area contributed by atoms with Gasteiger partial charge in [0.1, 0.15) is 4.92 Å². The van der Waals surface area contributed by atoms with E-state index in [1.165, 1.54) is 23.1 Å². The molecule has 0 radical (unpaired) electrons. The number of nitrogens with two attached hydrogens (primary N) is 1. The Morgan fingerprint density at radius 1 is 1.15 bits per heavy atom. The zero-order chi connectivity index (χ0) is 18.8. The summed E-state index contributed by atoms with van der Waals surface area (Å²) < 4.78 is 4.86. The van der Waals surface area contributed by atoms with Crippen molar-refractivity contribution < 1.29 is 23.7 Å². The number of rotatable bonds is 5. The average Bonchev–Trinajstić information content (AvgIpc) is 3.04. The molecule has 0 bridgehead atoms. The Hall–Kier alpha value is -3.69. The van der Waals surface area contributed by atoms with Crippen LogP contribution in [-0.2, 0) is 4.79 Å². The highest BCUT2D eigenvalue weighted by Gasteiger charge is 2.37. The van der Waals surface area contributed by atoms with Gasteiger partial charge in [-0.15, -0.1) is 0 Å². The van der Waals surface area contributed by atoms with Crippen LogP contribution in [0.5, 0.6) is 0 Å². The third-order valence-electron chi connectivity index (χ3n) is 3.96. The van der Waals surface area contributed by atoms with E-state index in [9.17, 15) is 24.5 Å². The molecule has 3 amide bonds. The lowest BCUT2D eigenvalue weighted by Gasteiger charge is -2.37. The van der Waals surface area contributed by atoms with Gasteiger partial charge in [0.25, 0.3) is 5.91 Å². The summed E-state index contributed by atoms with van der Waals surface area (Å²) in [5.74, 6) is -2.40. The molecule has 134 valence electrons. The van der Waals surface area contributed by atoms with Gasteiger partial charge in [-0.1, -0.05) is 0 Å². The Labute approximate surface area is 146 Å². The van der Waals surface area contributed by atoms with Gasteiger partial charge in [-0.05, 0) is 30.3 Å². The molecule has 26 heavy (non-hydrogen) atoms. The van der Waals surface area contributed by atoms with Crippen molar-refractivity contribution >= 4 is 29.3 Å². The number of amides is 3. The maximum Gasteiger partial charge on any atom is 0.433 e. The number of nitrogens with one attached hydrogen (secondary N) is 1. The van der Waals surface area contributed by atoms with Crippen molar-refractivity contribution in [3.05, 3.63) is 57.8 Å². The fraction of sp³-hybridized carbons (Fsp3) is 0.188. The maximum absolute atomic E-state index is 12.2. The van der Waals surface area contributed by atoms with Crippen molar-refractivity contribution in [3.63, 3.8) is 0 Å². The molecule has 10 nitrogen and oxygen atoms in total. The van der Waals surface area contributed by atoms with Crippen LogP contribution in [0, 0.1) is 16.0 Å². The summed E-state index contributed by atoms with van der Waals surface area (Å²) in [5, 5.41) is 13.3. The van der Waals surface area contributed by atoms with Gasteiger partial charge >= 0.3 is 5.88 Å². The predicted octanol–water partition coefficient (Wildman–Crippen LogP) is 0.997. The van der Waals surface area contributed by atoms with Crippen molar-refractivity contribution in [2.24, 2.45) is 11.7 Å². The van der Waals surface area contributed by atoms with E-state index in [1.54, 1.807) is 12.1 Å². The molecule has 1 fully saturated rings. The molecule has 0 unspecified atom stereocenters. The Balaban J connectivity index is 1.53. The molecule has 0 aliphatic carbocycles. The van der Waals surface area contributed by atoms with Crippen LogP contribution >= 0.6 is 0 Å². The lowest BCUT2D eigenvalue weighted by molar-refractivity contribution is -0.402. The maximum atomic E-state index is 12.2. The van der Waals surface area contributed by atoms with Crippen LogP contribution in [0.1, 0.15) is 20.9 Å². The lowest BCUT2D eigenvalue weighted by atomic mass is 9.98. The molecular formula is C16H14N4O6. The minimum atomic E-state index is -0.730. The molecule has 3 rings (SSSR count). The first-order valence-corrected chi connectivity index (χ1v) is 7.59. The number of hydrogen-bond acceptors (Lipinski definition) is 6. The van der Waals surface area contributed by atoms with Gasteiger partial charge in [0.2, 0.25) is 11.8 Å². The van der Waals surface area contributed by atoms with Gasteiger partial charge < -0.3 is 20.4 Å². The number of primary amides is 1. The number of carbonyl (C=O) groups is 3. The van der Waals surface area contributed by atoms with Crippen molar-refractivity contribution in [1.82, 2.24) is 4.90 Å². The van der Waals surface area contributed by atoms with Crippen LogP contribution in [0.4, 0.5) is 11.6 Å². The highest BCUT2D eigenvalue weighted by atomic mass is 16.6. The normalized spacial score (nSPS) is 13.8. The van der Waals surface area contributed by atoms with Gasteiger partial charge in [-0.25, -0.2) is 0 Å². The largest absolute Gasteiger partial charge is 0.433 e. The number of nitro groups is 1. The predicted molar refractivity (Wildman–Crippen MR) is 88.3 cm³/mol. The van der Waals surface area contributed by atoms with Crippen molar-refractivity contribution in [2.75, 3.05) is 18.4 Å². The van der Waals surface area contributed by atoms with Crippen molar-refractivity contribution in [2.45, 2.75) is 0 Å². The van der Waals surface area contributed by atoms with E-state index < -0.39 is 28.5 Å². The standard InChI is InChI=1S/C16H14N4O6/c17-14(21)9-1-3-11(4-2-9)18-15(22)10-7-19(8-10)16(23)12-5-6-13(26-12)20(24)25/h1-6,10H,7-8H2,(H2,17,21)(H,18,22). The van der Waals surface area contributed by atoms with E-state index in [0.29, 0.717) is 11.3 Å². The molecule has 2 heterocycles. The number of carbonyl (C=O) groups excluding carboxylic acids is 3. The van der Waals surface area contributed by atoms with Gasteiger partial charge in [0, 0.05) is 24.3 Å². The highest BCUT2D eigenvalue weighted by Crippen LogP contribution is 2.23. The molecule has 1 aliphatic heterocycles. The van der Waals surface area contributed by atoms with Crippen LogP contribution < -0.4 is 11.1 Å². The molecular weight excluding hydrogens is 344 g/mol. The smallest absolute Gasteiger partial charge is 0.395 e. The first-order valence-electron chi connectivity index (χ1n) is 7.59. The Morgan fingerprint density at radius 2 is 1.81 bits per heavy atom. The van der Waals surface area contributed by atoms with E-state index in [1.807, 2.05) is 0 Å². The molecule has 1 aliphatic rings. The number of anilines is 1. The third kappa shape index (κ3) is 3.38. The second kappa shape index (κ2) is 6.67. The van der Waals surface area contributed by atoms with E-state index in [4.69, 9.17) is 10.2 Å². The second-order valence-electron chi connectivity index (χ2n) is 5.73. The lowest BCUT2D eigenvalue weighted by Crippen LogP contribution is -2.54. The third-order valence-corrected chi connectivity index (χ3v) is 3.96. The fourth-order valence-corrected chi connectivity index (χ4v) is 2.47. The van der Waals surface area contributed by atoms with E-state index in [0.717, 1.165) is 6.07 Å². The summed E-state index contributed by atoms with van der Waals surface area (Å²) in [7, 11) is 0. The molecule has 2 aromatic rings. The molecule has 10 heteroatoms. The Kier molecular flexibility index (Phi) is 4.40. The molecule has 3 N–H and O–H groups in total. The molecule has 1 aromatic carbocycles. The molecule has 1 saturated heterocycles. The molecule has 0 spiro atoms. The number of benzene rings is 1. The van der Waals surface area contributed by atoms with E-state index in [2.05, 4.69) is 5.32 Å². The minimum absolute atomic E-state index is 0.141. The van der Waals surface area contributed by atoms with Crippen molar-refractivity contribution in [1.29, 1.82) is 0 Å². The quantitative estimate of drug-likeness (QED) is 0.601. The Bertz CT molecular complexity index is 882. The van der Waals surface area contributed by atoms with Crippen molar-refractivity contribution in [3.8, 4) is 0 Å². The van der Waals surface area contributed by atoms with Crippen LogP contribution in [0.2, 0.25) is 0 Å². The average molecular weight is 358 g/mol. The number of furan rings is 1. The molecule has 0 saturated carbocycles.